The monoisotopic (exact) mass is 554 g/mol. The van der Waals surface area contributed by atoms with Crippen LogP contribution in [0, 0.1) is 6.92 Å². The first-order valence-electron chi connectivity index (χ1n) is 14.4. The van der Waals surface area contributed by atoms with E-state index in [0.29, 0.717) is 37.7 Å². The maximum Gasteiger partial charge on any atom is 0.295 e. The molecule has 0 spiro atoms. The van der Waals surface area contributed by atoms with Crippen LogP contribution < -0.4 is 4.74 Å². The Kier molecular flexibility index (Phi) is 9.17. The lowest BCUT2D eigenvalue weighted by atomic mass is 9.94. The predicted octanol–water partition coefficient (Wildman–Crippen LogP) is 5.28. The second kappa shape index (κ2) is 13.1. The number of carbonyl (C=O) groups is 2. The highest BCUT2D eigenvalue weighted by molar-refractivity contribution is 6.46. The smallest absolute Gasteiger partial charge is 0.295 e. The van der Waals surface area contributed by atoms with E-state index in [1.165, 1.54) is 5.56 Å². The van der Waals surface area contributed by atoms with Gasteiger partial charge in [-0.15, -0.1) is 0 Å². The fraction of sp³-hybridized carbons (Fsp3) is 0.353. The number of hydrogen-bond donors (Lipinski definition) is 1. The average Bonchev–Trinajstić information content (AvgIpc) is 3.26. The molecule has 214 valence electrons. The number of aliphatic hydroxyl groups excluding tert-OH is 1. The van der Waals surface area contributed by atoms with Crippen molar-refractivity contribution in [1.82, 2.24) is 9.80 Å². The first-order chi connectivity index (χ1) is 20.0. The summed E-state index contributed by atoms with van der Waals surface area (Å²) in [5.41, 5.74) is 4.83. The van der Waals surface area contributed by atoms with Crippen LogP contribution in [0.15, 0.2) is 78.4 Å². The van der Waals surface area contributed by atoms with Crippen molar-refractivity contribution in [2.45, 2.75) is 39.3 Å². The van der Waals surface area contributed by atoms with Crippen molar-refractivity contribution in [3.05, 3.63) is 106 Å². The zero-order valence-corrected chi connectivity index (χ0v) is 23.8. The minimum Gasteiger partial charge on any atom is -0.507 e. The molecule has 7 nitrogen and oxygen atoms in total. The number of likely N-dealkylation sites (tertiary alicyclic amines) is 1. The van der Waals surface area contributed by atoms with E-state index in [-0.39, 0.29) is 11.3 Å². The molecule has 3 aromatic carbocycles. The van der Waals surface area contributed by atoms with E-state index < -0.39 is 17.7 Å². The number of carbonyl (C=O) groups excluding carboxylic acids is 2. The topological polar surface area (TPSA) is 79.3 Å². The van der Waals surface area contributed by atoms with Gasteiger partial charge in [0.15, 0.2) is 0 Å². The second-order valence-electron chi connectivity index (χ2n) is 10.6. The normalized spacial score (nSPS) is 19.1. The van der Waals surface area contributed by atoms with Gasteiger partial charge in [0.1, 0.15) is 18.1 Å². The van der Waals surface area contributed by atoms with Crippen LogP contribution >= 0.6 is 0 Å². The summed E-state index contributed by atoms with van der Waals surface area (Å²) >= 11 is 0. The fourth-order valence-corrected chi connectivity index (χ4v) is 5.48. The Balaban J connectivity index is 1.39. The van der Waals surface area contributed by atoms with E-state index in [2.05, 4.69) is 11.8 Å². The highest BCUT2D eigenvalue weighted by Crippen LogP contribution is 2.39. The molecule has 7 heteroatoms. The van der Waals surface area contributed by atoms with E-state index in [4.69, 9.17) is 9.47 Å². The van der Waals surface area contributed by atoms with E-state index in [9.17, 15) is 14.7 Å². The molecule has 2 heterocycles. The Morgan fingerprint density at radius 3 is 2.34 bits per heavy atom. The van der Waals surface area contributed by atoms with Crippen LogP contribution in [-0.2, 0) is 27.4 Å². The van der Waals surface area contributed by atoms with Gasteiger partial charge in [-0.25, -0.2) is 0 Å². The first kappa shape index (κ1) is 28.6. The molecular formula is C34H38N2O5. The number of aliphatic hydroxyl groups is 1. The Bertz CT molecular complexity index is 1390. The number of benzene rings is 3. The Labute approximate surface area is 242 Å². The number of morpholine rings is 1. The standard InChI is InChI=1S/C34H38N2O5/c1-3-25-9-11-26(12-10-25)31-30(33(38)34(39)36(31)18-6-17-35-19-21-40-22-20-35)32(37)27-13-15-29(16-14-27)41-23-28-8-5-4-7-24(28)2/h4-5,7-16,31,37H,3,6,17-23H2,1-2H3. The first-order valence-corrected chi connectivity index (χ1v) is 14.4. The van der Waals surface area contributed by atoms with Crippen LogP contribution in [0.2, 0.25) is 0 Å². The Hall–Kier alpha value is -3.94. The summed E-state index contributed by atoms with van der Waals surface area (Å²) in [5, 5.41) is 11.4. The van der Waals surface area contributed by atoms with Gasteiger partial charge in [-0.2, -0.15) is 0 Å². The number of hydrogen-bond acceptors (Lipinski definition) is 6. The highest BCUT2D eigenvalue weighted by Gasteiger charge is 2.45. The van der Waals surface area contributed by atoms with Crippen molar-refractivity contribution in [2.75, 3.05) is 39.4 Å². The minimum absolute atomic E-state index is 0.124. The molecule has 2 saturated heterocycles. The third-order valence-electron chi connectivity index (χ3n) is 8.00. The maximum atomic E-state index is 13.4. The molecule has 2 aliphatic heterocycles. The highest BCUT2D eigenvalue weighted by atomic mass is 16.5. The molecule has 3 aromatic rings. The number of aryl methyl sites for hydroxylation is 2. The summed E-state index contributed by atoms with van der Waals surface area (Å²) in [6, 6.07) is 22.4. The quantitative estimate of drug-likeness (QED) is 0.209. The van der Waals surface area contributed by atoms with Gasteiger partial charge in [0, 0.05) is 31.7 Å². The van der Waals surface area contributed by atoms with Crippen LogP contribution in [-0.4, -0.2) is 66.0 Å². The molecule has 2 fully saturated rings. The van der Waals surface area contributed by atoms with E-state index in [0.717, 1.165) is 49.2 Å². The van der Waals surface area contributed by atoms with E-state index >= 15 is 0 Å². The predicted molar refractivity (Wildman–Crippen MR) is 159 cm³/mol. The average molecular weight is 555 g/mol. The number of ether oxygens (including phenoxy) is 2. The number of nitrogens with zero attached hydrogens (tertiary/aromatic N) is 2. The number of amides is 1. The van der Waals surface area contributed by atoms with Crippen LogP contribution in [0.1, 0.15) is 47.2 Å². The molecule has 5 rings (SSSR count). The molecule has 0 bridgehead atoms. The molecule has 1 N–H and O–H groups in total. The minimum atomic E-state index is -0.654. The van der Waals surface area contributed by atoms with Gasteiger partial charge in [0.05, 0.1) is 24.8 Å². The SMILES string of the molecule is CCc1ccc(C2C(=C(O)c3ccc(OCc4ccccc4C)cc3)C(=O)C(=O)N2CCCN2CCOCC2)cc1. The molecule has 1 atom stereocenters. The molecule has 41 heavy (non-hydrogen) atoms. The maximum absolute atomic E-state index is 13.4. The Morgan fingerprint density at radius 1 is 0.951 bits per heavy atom. The van der Waals surface area contributed by atoms with Crippen LogP contribution in [0.25, 0.3) is 5.76 Å². The fourth-order valence-electron chi connectivity index (χ4n) is 5.48. The second-order valence-corrected chi connectivity index (χ2v) is 10.6. The van der Waals surface area contributed by atoms with Gasteiger partial charge in [0.25, 0.3) is 11.7 Å². The van der Waals surface area contributed by atoms with Gasteiger partial charge < -0.3 is 19.5 Å². The van der Waals surface area contributed by atoms with Crippen molar-refractivity contribution >= 4 is 17.4 Å². The van der Waals surface area contributed by atoms with E-state index in [1.54, 1.807) is 29.2 Å². The third-order valence-corrected chi connectivity index (χ3v) is 8.00. The molecule has 1 unspecified atom stereocenters. The van der Waals surface area contributed by atoms with Crippen molar-refractivity contribution < 1.29 is 24.2 Å². The summed E-state index contributed by atoms with van der Waals surface area (Å²) < 4.78 is 11.4. The van der Waals surface area contributed by atoms with Gasteiger partial charge >= 0.3 is 0 Å². The molecule has 0 aromatic heterocycles. The summed E-state index contributed by atoms with van der Waals surface area (Å²) in [6.45, 7) is 8.96. The van der Waals surface area contributed by atoms with Gasteiger partial charge in [-0.3, -0.25) is 14.5 Å². The zero-order valence-electron chi connectivity index (χ0n) is 23.8. The van der Waals surface area contributed by atoms with Crippen LogP contribution in [0.5, 0.6) is 5.75 Å². The lowest BCUT2D eigenvalue weighted by Gasteiger charge is -2.29. The van der Waals surface area contributed by atoms with Crippen LogP contribution in [0.3, 0.4) is 0 Å². The largest absolute Gasteiger partial charge is 0.507 e. The summed E-state index contributed by atoms with van der Waals surface area (Å²) in [5.74, 6) is -0.747. The zero-order chi connectivity index (χ0) is 28.8. The third kappa shape index (κ3) is 6.53. The lowest BCUT2D eigenvalue weighted by Crippen LogP contribution is -2.38. The summed E-state index contributed by atoms with van der Waals surface area (Å²) in [6.07, 6.45) is 1.61. The van der Waals surface area contributed by atoms with Crippen molar-refractivity contribution in [3.8, 4) is 5.75 Å². The van der Waals surface area contributed by atoms with Gasteiger partial charge in [-0.1, -0.05) is 55.5 Å². The van der Waals surface area contributed by atoms with Gasteiger partial charge in [0.2, 0.25) is 0 Å². The molecular weight excluding hydrogens is 516 g/mol. The molecule has 1 amide bonds. The van der Waals surface area contributed by atoms with Crippen molar-refractivity contribution in [3.63, 3.8) is 0 Å². The number of Topliss-reactive ketones (excluding diaryl/α,β-unsaturated/α-hetero) is 1. The lowest BCUT2D eigenvalue weighted by molar-refractivity contribution is -0.140. The van der Waals surface area contributed by atoms with Crippen LogP contribution in [0.4, 0.5) is 0 Å². The molecule has 0 radical (unpaired) electrons. The van der Waals surface area contributed by atoms with Crippen molar-refractivity contribution in [2.24, 2.45) is 0 Å². The van der Waals surface area contributed by atoms with Crippen molar-refractivity contribution in [1.29, 1.82) is 0 Å². The van der Waals surface area contributed by atoms with E-state index in [1.807, 2.05) is 55.5 Å². The summed E-state index contributed by atoms with van der Waals surface area (Å²) in [4.78, 5) is 30.7. The number of rotatable bonds is 10. The summed E-state index contributed by atoms with van der Waals surface area (Å²) in [7, 11) is 0. The Morgan fingerprint density at radius 2 is 1.66 bits per heavy atom. The molecule has 0 aliphatic carbocycles. The molecule has 2 aliphatic rings. The number of ketones is 1. The van der Waals surface area contributed by atoms with Gasteiger partial charge in [-0.05, 0) is 66.3 Å². The molecule has 0 saturated carbocycles.